The fourth-order valence-corrected chi connectivity index (χ4v) is 2.49. The molecule has 2 aliphatic rings. The lowest BCUT2D eigenvalue weighted by Crippen LogP contribution is -2.32. The normalized spacial score (nSPS) is 28.9. The van der Waals surface area contributed by atoms with Crippen LogP contribution in [0.25, 0.3) is 0 Å². The molecule has 0 saturated carbocycles. The van der Waals surface area contributed by atoms with Crippen LogP contribution in [0.3, 0.4) is 0 Å². The first-order valence-electron chi connectivity index (χ1n) is 5.69. The summed E-state index contributed by atoms with van der Waals surface area (Å²) in [5.74, 6) is -0.947. The van der Waals surface area contributed by atoms with Gasteiger partial charge in [-0.1, -0.05) is 0 Å². The van der Waals surface area contributed by atoms with Crippen LogP contribution in [0.15, 0.2) is 0 Å². The smallest absolute Gasteiger partial charge is 0.303 e. The molecule has 0 radical (unpaired) electrons. The monoisotopic (exact) mass is 227 g/mol. The second-order valence-electron chi connectivity index (χ2n) is 4.76. The Labute approximate surface area is 94.4 Å². The average Bonchev–Trinajstić information content (AvgIpc) is 2.86. The van der Waals surface area contributed by atoms with Crippen LogP contribution in [-0.2, 0) is 14.3 Å². The molecule has 90 valence electrons. The van der Waals surface area contributed by atoms with E-state index < -0.39 is 5.97 Å². The molecular weight excluding hydrogens is 210 g/mol. The van der Waals surface area contributed by atoms with Crippen molar-refractivity contribution in [3.8, 4) is 0 Å². The minimum atomic E-state index is -0.911. The van der Waals surface area contributed by atoms with Gasteiger partial charge in [0.1, 0.15) is 0 Å². The number of carbonyl (C=O) groups is 2. The highest BCUT2D eigenvalue weighted by molar-refractivity contribution is 5.81. The molecule has 5 heteroatoms. The van der Waals surface area contributed by atoms with Gasteiger partial charge in [-0.3, -0.25) is 9.59 Å². The maximum absolute atomic E-state index is 11.7. The van der Waals surface area contributed by atoms with Crippen LogP contribution < -0.4 is 0 Å². The second kappa shape index (κ2) is 4.41. The summed E-state index contributed by atoms with van der Waals surface area (Å²) >= 11 is 0. The summed E-state index contributed by atoms with van der Waals surface area (Å²) in [6.45, 7) is 3.03. The van der Waals surface area contributed by atoms with Crippen molar-refractivity contribution in [1.82, 2.24) is 4.90 Å². The van der Waals surface area contributed by atoms with Crippen LogP contribution in [0.4, 0.5) is 0 Å². The number of carboxylic acids is 1. The molecular formula is C11H17NO4. The topological polar surface area (TPSA) is 66.8 Å². The van der Waals surface area contributed by atoms with E-state index in [2.05, 4.69) is 0 Å². The minimum Gasteiger partial charge on any atom is -0.481 e. The molecule has 2 rings (SSSR count). The summed E-state index contributed by atoms with van der Waals surface area (Å²) in [5.41, 5.74) is 0.166. The van der Waals surface area contributed by atoms with Gasteiger partial charge < -0.3 is 14.7 Å². The first-order valence-corrected chi connectivity index (χ1v) is 5.69. The highest BCUT2D eigenvalue weighted by Crippen LogP contribution is 2.38. The highest BCUT2D eigenvalue weighted by Gasteiger charge is 2.42. The average molecular weight is 227 g/mol. The van der Waals surface area contributed by atoms with Crippen molar-refractivity contribution in [3.63, 3.8) is 0 Å². The van der Waals surface area contributed by atoms with E-state index in [1.165, 1.54) is 0 Å². The number of carboxylic acid groups (broad SMARTS) is 1. The number of rotatable bonds is 3. The van der Waals surface area contributed by atoms with Gasteiger partial charge in [-0.15, -0.1) is 0 Å². The molecule has 0 aromatic carbocycles. The Morgan fingerprint density at radius 3 is 2.75 bits per heavy atom. The van der Waals surface area contributed by atoms with E-state index in [0.717, 1.165) is 39.1 Å². The van der Waals surface area contributed by atoms with E-state index in [1.807, 2.05) is 0 Å². The molecule has 16 heavy (non-hydrogen) atoms. The molecule has 0 aliphatic carbocycles. The molecule has 0 aromatic heterocycles. The van der Waals surface area contributed by atoms with Crippen LogP contribution >= 0.6 is 0 Å². The van der Waals surface area contributed by atoms with Crippen molar-refractivity contribution in [2.45, 2.75) is 25.7 Å². The van der Waals surface area contributed by atoms with Gasteiger partial charge in [-0.25, -0.2) is 0 Å². The number of aliphatic carboxylic acids is 1. The lowest BCUT2D eigenvalue weighted by atomic mass is 9.87. The lowest BCUT2D eigenvalue weighted by molar-refractivity contribution is -0.140. The van der Waals surface area contributed by atoms with Gasteiger partial charge >= 0.3 is 5.97 Å². The lowest BCUT2D eigenvalue weighted by Gasteiger charge is -2.21. The van der Waals surface area contributed by atoms with Crippen molar-refractivity contribution in [1.29, 1.82) is 0 Å². The van der Waals surface area contributed by atoms with Gasteiger partial charge in [0.25, 0.3) is 0 Å². The van der Waals surface area contributed by atoms with Gasteiger partial charge in [0, 0.05) is 31.5 Å². The Morgan fingerprint density at radius 1 is 1.31 bits per heavy atom. The van der Waals surface area contributed by atoms with Crippen LogP contribution in [0.2, 0.25) is 0 Å². The molecule has 2 aliphatic heterocycles. The van der Waals surface area contributed by atoms with Crippen LogP contribution in [-0.4, -0.2) is 48.2 Å². The predicted octanol–water partition coefficient (Wildman–Crippen LogP) is 0.490. The molecule has 2 saturated heterocycles. The van der Waals surface area contributed by atoms with Crippen LogP contribution in [0.5, 0.6) is 0 Å². The zero-order chi connectivity index (χ0) is 11.6. The second-order valence-corrected chi connectivity index (χ2v) is 4.76. The van der Waals surface area contributed by atoms with Crippen molar-refractivity contribution in [2.75, 3.05) is 26.3 Å². The summed E-state index contributed by atoms with van der Waals surface area (Å²) in [5, 5.41) is 8.52. The summed E-state index contributed by atoms with van der Waals surface area (Å²) in [4.78, 5) is 23.9. The van der Waals surface area contributed by atoms with Crippen LogP contribution in [0.1, 0.15) is 25.7 Å². The van der Waals surface area contributed by atoms with Crippen molar-refractivity contribution < 1.29 is 19.4 Å². The van der Waals surface area contributed by atoms with Gasteiger partial charge in [-0.05, 0) is 12.8 Å². The Bertz CT molecular complexity index is 296. The fraction of sp³-hybridized carbons (Fsp3) is 0.818. The highest BCUT2D eigenvalue weighted by atomic mass is 16.5. The number of ether oxygens (including phenoxy) is 1. The van der Waals surface area contributed by atoms with E-state index in [4.69, 9.17) is 9.84 Å². The van der Waals surface area contributed by atoms with Gasteiger partial charge in [-0.2, -0.15) is 0 Å². The van der Waals surface area contributed by atoms with Crippen molar-refractivity contribution >= 4 is 11.9 Å². The SMILES string of the molecule is O=C(O)CCC(=O)N1CCC2(CCOC2)C1. The van der Waals surface area contributed by atoms with E-state index in [1.54, 1.807) is 4.90 Å². The van der Waals surface area contributed by atoms with E-state index in [9.17, 15) is 9.59 Å². The number of hydrogen-bond donors (Lipinski definition) is 1. The Kier molecular flexibility index (Phi) is 3.14. The Hall–Kier alpha value is -1.10. The summed E-state index contributed by atoms with van der Waals surface area (Å²) in [6, 6.07) is 0. The quantitative estimate of drug-likeness (QED) is 0.762. The Morgan fingerprint density at radius 2 is 2.12 bits per heavy atom. The third kappa shape index (κ3) is 2.35. The third-order valence-corrected chi connectivity index (χ3v) is 3.53. The molecule has 2 heterocycles. The fourth-order valence-electron chi connectivity index (χ4n) is 2.49. The molecule has 1 atom stereocenters. The van der Waals surface area contributed by atoms with E-state index in [0.29, 0.717) is 0 Å². The summed E-state index contributed by atoms with van der Waals surface area (Å²) < 4.78 is 5.38. The van der Waals surface area contributed by atoms with E-state index in [-0.39, 0.29) is 24.2 Å². The molecule has 2 fully saturated rings. The predicted molar refractivity (Wildman–Crippen MR) is 55.9 cm³/mol. The third-order valence-electron chi connectivity index (χ3n) is 3.53. The zero-order valence-electron chi connectivity index (χ0n) is 9.28. The molecule has 1 unspecified atom stereocenters. The molecule has 5 nitrogen and oxygen atoms in total. The minimum absolute atomic E-state index is 0.0359. The zero-order valence-corrected chi connectivity index (χ0v) is 9.28. The first kappa shape index (κ1) is 11.4. The maximum Gasteiger partial charge on any atom is 0.303 e. The number of amides is 1. The van der Waals surface area contributed by atoms with Gasteiger partial charge in [0.05, 0.1) is 13.0 Å². The standard InChI is InChI=1S/C11H17NO4/c13-9(1-2-10(14)15)12-5-3-11(7-12)4-6-16-8-11/h1-8H2,(H,14,15). The molecule has 0 bridgehead atoms. The first-order chi connectivity index (χ1) is 7.61. The van der Waals surface area contributed by atoms with Gasteiger partial charge in [0.2, 0.25) is 5.91 Å². The largest absolute Gasteiger partial charge is 0.481 e. The summed E-state index contributed by atoms with van der Waals surface area (Å²) in [7, 11) is 0. The van der Waals surface area contributed by atoms with E-state index >= 15 is 0 Å². The molecule has 1 spiro atoms. The molecule has 0 aromatic rings. The molecule has 1 amide bonds. The maximum atomic E-state index is 11.7. The number of nitrogens with zero attached hydrogens (tertiary/aromatic N) is 1. The summed E-state index contributed by atoms with van der Waals surface area (Å²) in [6.07, 6.45) is 2.06. The number of likely N-dealkylation sites (tertiary alicyclic amines) is 1. The van der Waals surface area contributed by atoms with Crippen LogP contribution in [0, 0.1) is 5.41 Å². The number of hydrogen-bond acceptors (Lipinski definition) is 3. The van der Waals surface area contributed by atoms with Crippen molar-refractivity contribution in [3.05, 3.63) is 0 Å². The number of carbonyl (C=O) groups excluding carboxylic acids is 1. The van der Waals surface area contributed by atoms with Crippen molar-refractivity contribution in [2.24, 2.45) is 5.41 Å². The molecule has 1 N–H and O–H groups in total. The Balaban J connectivity index is 1.83. The van der Waals surface area contributed by atoms with Gasteiger partial charge in [0.15, 0.2) is 0 Å².